The van der Waals surface area contributed by atoms with Crippen molar-refractivity contribution in [1.82, 2.24) is 10.2 Å². The molecule has 0 aliphatic carbocycles. The molecule has 4 N–H and O–H groups in total. The van der Waals surface area contributed by atoms with Crippen molar-refractivity contribution in [2.75, 3.05) is 10.5 Å². The molecule has 6 nitrogen and oxygen atoms in total. The normalized spacial score (nSPS) is 11.4. The van der Waals surface area contributed by atoms with Crippen molar-refractivity contribution in [3.63, 3.8) is 0 Å². The first-order valence-corrected chi connectivity index (χ1v) is 6.78. The second-order valence-corrected chi connectivity index (χ2v) is 5.72. The van der Waals surface area contributed by atoms with Crippen molar-refractivity contribution < 1.29 is 8.42 Å². The maximum Gasteiger partial charge on any atom is 0.263 e. The highest BCUT2D eigenvalue weighted by molar-refractivity contribution is 7.92. The number of aromatic amines is 1. The van der Waals surface area contributed by atoms with Crippen molar-refractivity contribution in [2.45, 2.75) is 18.7 Å². The van der Waals surface area contributed by atoms with Gasteiger partial charge in [0.05, 0.1) is 16.3 Å². The van der Waals surface area contributed by atoms with Gasteiger partial charge in [0.25, 0.3) is 10.0 Å². The number of hydrogen-bond donors (Lipinski definition) is 3. The lowest BCUT2D eigenvalue weighted by Gasteiger charge is -2.06. The Kier molecular flexibility index (Phi) is 3.00. The summed E-state index contributed by atoms with van der Waals surface area (Å²) < 4.78 is 26.5. The van der Waals surface area contributed by atoms with E-state index in [1.807, 2.05) is 13.0 Å². The van der Waals surface area contributed by atoms with E-state index in [-0.39, 0.29) is 10.7 Å². The third-order valence-electron chi connectivity index (χ3n) is 2.53. The van der Waals surface area contributed by atoms with Crippen LogP contribution < -0.4 is 10.5 Å². The van der Waals surface area contributed by atoms with Gasteiger partial charge in [0.1, 0.15) is 0 Å². The fourth-order valence-electron chi connectivity index (χ4n) is 1.48. The smallest absolute Gasteiger partial charge is 0.263 e. The number of aromatic nitrogens is 2. The highest BCUT2D eigenvalue weighted by Crippen LogP contribution is 2.22. The highest BCUT2D eigenvalue weighted by Gasteiger charge is 2.17. The fraction of sp³-hybridized carbons (Fsp3) is 0.182. The van der Waals surface area contributed by atoms with E-state index in [4.69, 9.17) is 5.73 Å². The number of anilines is 2. The molecule has 0 unspecified atom stereocenters. The first-order valence-electron chi connectivity index (χ1n) is 5.30. The number of hydrogen-bond acceptors (Lipinski definition) is 4. The van der Waals surface area contributed by atoms with Crippen LogP contribution in [-0.4, -0.2) is 18.6 Å². The molecule has 0 bridgehead atoms. The first-order chi connectivity index (χ1) is 8.40. The van der Waals surface area contributed by atoms with E-state index in [9.17, 15) is 8.42 Å². The highest BCUT2D eigenvalue weighted by atomic mass is 32.2. The molecule has 18 heavy (non-hydrogen) atoms. The van der Waals surface area contributed by atoms with Crippen LogP contribution in [0.1, 0.15) is 11.3 Å². The number of rotatable bonds is 3. The van der Waals surface area contributed by atoms with Crippen LogP contribution in [0.15, 0.2) is 29.2 Å². The van der Waals surface area contributed by atoms with Gasteiger partial charge in [-0.2, -0.15) is 5.10 Å². The number of nitrogens with one attached hydrogen (secondary N) is 2. The Morgan fingerprint density at radius 2 is 2.06 bits per heavy atom. The summed E-state index contributed by atoms with van der Waals surface area (Å²) in [5.74, 6) is 0.119. The molecule has 96 valence electrons. The lowest BCUT2D eigenvalue weighted by molar-refractivity contribution is 0.601. The zero-order valence-electron chi connectivity index (χ0n) is 10.1. The van der Waals surface area contributed by atoms with Crippen molar-refractivity contribution in [3.8, 4) is 0 Å². The lowest BCUT2D eigenvalue weighted by Crippen LogP contribution is -2.14. The maximum atomic E-state index is 12.1. The maximum absolute atomic E-state index is 12.1. The van der Waals surface area contributed by atoms with Crippen molar-refractivity contribution in [2.24, 2.45) is 0 Å². The zero-order valence-corrected chi connectivity index (χ0v) is 10.9. The van der Waals surface area contributed by atoms with Crippen LogP contribution in [0.5, 0.6) is 0 Å². The molecule has 0 aliphatic heterocycles. The number of nitrogens with two attached hydrogens (primary N) is 1. The molecule has 1 aromatic carbocycles. The topological polar surface area (TPSA) is 101 Å². The van der Waals surface area contributed by atoms with Crippen LogP contribution in [0.2, 0.25) is 0 Å². The summed E-state index contributed by atoms with van der Waals surface area (Å²) in [5, 5.41) is 6.43. The number of sulfonamides is 1. The van der Waals surface area contributed by atoms with Crippen molar-refractivity contribution in [1.29, 1.82) is 0 Å². The molecule has 0 fully saturated rings. The number of nitrogen functional groups attached to an aromatic ring is 1. The summed E-state index contributed by atoms with van der Waals surface area (Å²) in [6.45, 7) is 3.54. The van der Waals surface area contributed by atoms with Gasteiger partial charge in [0.15, 0.2) is 5.82 Å². The molecule has 0 saturated heterocycles. The van der Waals surface area contributed by atoms with Gasteiger partial charge in [-0.05, 0) is 31.5 Å². The monoisotopic (exact) mass is 266 g/mol. The number of aryl methyl sites for hydroxylation is 2. The molecule has 0 radical (unpaired) electrons. The Bertz CT molecular complexity index is 676. The summed E-state index contributed by atoms with van der Waals surface area (Å²) in [4.78, 5) is 0.183. The molecule has 1 heterocycles. The zero-order chi connectivity index (χ0) is 13.3. The van der Waals surface area contributed by atoms with Crippen molar-refractivity contribution in [3.05, 3.63) is 35.5 Å². The van der Waals surface area contributed by atoms with Crippen LogP contribution in [-0.2, 0) is 10.0 Å². The Morgan fingerprint density at radius 1 is 1.33 bits per heavy atom. The summed E-state index contributed by atoms with van der Waals surface area (Å²) in [6.07, 6.45) is 0. The average Bonchev–Trinajstić information content (AvgIpc) is 2.61. The van der Waals surface area contributed by atoms with E-state index in [2.05, 4.69) is 14.9 Å². The van der Waals surface area contributed by atoms with Gasteiger partial charge in [-0.1, -0.05) is 12.1 Å². The summed E-state index contributed by atoms with van der Waals surface area (Å²) in [5.41, 5.74) is 7.48. The molecule has 7 heteroatoms. The van der Waals surface area contributed by atoms with E-state index in [0.717, 1.165) is 5.56 Å². The fourth-order valence-corrected chi connectivity index (χ4v) is 2.61. The van der Waals surface area contributed by atoms with Crippen LogP contribution in [0, 0.1) is 13.8 Å². The SMILES string of the molecule is Cc1cccc(S(=O)(=O)Nc2n[nH]c(C)c2N)c1. The Morgan fingerprint density at radius 3 is 2.61 bits per heavy atom. The molecule has 0 saturated carbocycles. The second-order valence-electron chi connectivity index (χ2n) is 4.03. The van der Waals surface area contributed by atoms with Gasteiger partial charge < -0.3 is 5.73 Å². The van der Waals surface area contributed by atoms with Crippen molar-refractivity contribution >= 4 is 21.5 Å². The minimum absolute atomic E-state index is 0.119. The van der Waals surface area contributed by atoms with E-state index < -0.39 is 10.0 Å². The Hall–Kier alpha value is -2.02. The minimum atomic E-state index is -3.66. The van der Waals surface area contributed by atoms with Crippen LogP contribution in [0.4, 0.5) is 11.5 Å². The van der Waals surface area contributed by atoms with Gasteiger partial charge in [0.2, 0.25) is 0 Å². The Balaban J connectivity index is 2.36. The number of nitrogens with zero attached hydrogens (tertiary/aromatic N) is 1. The lowest BCUT2D eigenvalue weighted by atomic mass is 10.2. The summed E-state index contributed by atoms with van der Waals surface area (Å²) in [7, 11) is -3.66. The number of benzene rings is 1. The van der Waals surface area contributed by atoms with Crippen LogP contribution >= 0.6 is 0 Å². The van der Waals surface area contributed by atoms with Crippen LogP contribution in [0.25, 0.3) is 0 Å². The quantitative estimate of drug-likeness (QED) is 0.781. The molecule has 0 aliphatic rings. The minimum Gasteiger partial charge on any atom is -0.394 e. The van der Waals surface area contributed by atoms with E-state index >= 15 is 0 Å². The van der Waals surface area contributed by atoms with Gasteiger partial charge >= 0.3 is 0 Å². The van der Waals surface area contributed by atoms with E-state index in [1.54, 1.807) is 19.1 Å². The second kappa shape index (κ2) is 4.34. The van der Waals surface area contributed by atoms with E-state index in [0.29, 0.717) is 11.4 Å². The molecular weight excluding hydrogens is 252 g/mol. The summed E-state index contributed by atoms with van der Waals surface area (Å²) in [6, 6.07) is 6.61. The van der Waals surface area contributed by atoms with Gasteiger partial charge in [-0.3, -0.25) is 9.82 Å². The van der Waals surface area contributed by atoms with Gasteiger partial charge in [-0.25, -0.2) is 8.42 Å². The largest absolute Gasteiger partial charge is 0.394 e. The molecule has 0 amide bonds. The third kappa shape index (κ3) is 2.30. The number of H-pyrrole nitrogens is 1. The third-order valence-corrected chi connectivity index (χ3v) is 3.86. The molecule has 2 aromatic rings. The predicted octanol–water partition coefficient (Wildman–Crippen LogP) is 1.41. The molecular formula is C11H14N4O2S. The Labute approximate surface area is 105 Å². The summed E-state index contributed by atoms with van der Waals surface area (Å²) >= 11 is 0. The van der Waals surface area contributed by atoms with Crippen LogP contribution in [0.3, 0.4) is 0 Å². The molecule has 0 spiro atoms. The average molecular weight is 266 g/mol. The van der Waals surface area contributed by atoms with Gasteiger partial charge in [0, 0.05) is 0 Å². The standard InChI is InChI=1S/C11H14N4O2S/c1-7-4-3-5-9(6-7)18(16,17)15-11-10(12)8(2)13-14-11/h3-6H,12H2,1-2H3,(H2,13,14,15). The first kappa shape index (κ1) is 12.4. The molecule has 0 atom stereocenters. The molecule has 1 aromatic heterocycles. The molecule has 2 rings (SSSR count). The van der Waals surface area contributed by atoms with Gasteiger partial charge in [-0.15, -0.1) is 0 Å². The predicted molar refractivity (Wildman–Crippen MR) is 69.7 cm³/mol. The van der Waals surface area contributed by atoms with E-state index in [1.165, 1.54) is 6.07 Å².